The molecule has 0 aromatic rings. The third-order valence-electron chi connectivity index (χ3n) is 2.65. The summed E-state index contributed by atoms with van der Waals surface area (Å²) in [6.45, 7) is 1.58. The van der Waals surface area contributed by atoms with Gasteiger partial charge in [0.1, 0.15) is 5.54 Å². The number of nitrogens with zero attached hydrogens (tertiary/aromatic N) is 1. The van der Waals surface area contributed by atoms with Gasteiger partial charge in [-0.15, -0.1) is 0 Å². The fraction of sp³-hybridized carbons (Fsp3) is 0.889. The zero-order valence-corrected chi connectivity index (χ0v) is 9.23. The maximum absolute atomic E-state index is 11.4. The van der Waals surface area contributed by atoms with Crippen molar-refractivity contribution in [3.8, 4) is 6.07 Å². The molecular weight excluding hydrogens is 200 g/mol. The largest absolute Gasteiger partial charge is 0.212 e. The second-order valence-corrected chi connectivity index (χ2v) is 5.77. The molecule has 0 aromatic carbocycles. The summed E-state index contributed by atoms with van der Waals surface area (Å²) in [4.78, 5) is 0. The van der Waals surface area contributed by atoms with E-state index in [1.54, 1.807) is 6.92 Å². The summed E-state index contributed by atoms with van der Waals surface area (Å²) in [6, 6.07) is 2.12. The predicted molar refractivity (Wildman–Crippen MR) is 54.0 cm³/mol. The van der Waals surface area contributed by atoms with E-state index in [1.165, 1.54) is 0 Å². The van der Waals surface area contributed by atoms with E-state index in [0.29, 0.717) is 12.8 Å². The van der Waals surface area contributed by atoms with Gasteiger partial charge < -0.3 is 0 Å². The third-order valence-corrected chi connectivity index (χ3v) is 4.11. The minimum absolute atomic E-state index is 0.0381. The lowest BCUT2D eigenvalue weighted by atomic mass is 9.84. The van der Waals surface area contributed by atoms with Crippen molar-refractivity contribution in [2.24, 2.45) is 0 Å². The van der Waals surface area contributed by atoms with Crippen LogP contribution in [0.1, 0.15) is 39.0 Å². The molecule has 0 amide bonds. The van der Waals surface area contributed by atoms with Crippen LogP contribution in [0.4, 0.5) is 0 Å². The standard InChI is InChI=1S/C9H16N2O2S/c1-2-14(12,13)11-9(8-10)6-4-3-5-7-9/h11H,2-7H2,1H3. The van der Waals surface area contributed by atoms with Crippen molar-refractivity contribution in [1.82, 2.24) is 4.72 Å². The fourth-order valence-corrected chi connectivity index (χ4v) is 2.75. The first-order chi connectivity index (χ1) is 6.54. The summed E-state index contributed by atoms with van der Waals surface area (Å²) in [5.41, 5.74) is -0.826. The topological polar surface area (TPSA) is 70.0 Å². The predicted octanol–water partition coefficient (Wildman–Crippen LogP) is 1.15. The number of rotatable bonds is 3. The lowest BCUT2D eigenvalue weighted by molar-refractivity contribution is 0.338. The number of nitriles is 1. The van der Waals surface area contributed by atoms with E-state index in [1.807, 2.05) is 0 Å². The zero-order chi connectivity index (χ0) is 10.7. The average molecular weight is 216 g/mol. The van der Waals surface area contributed by atoms with Gasteiger partial charge in [-0.2, -0.15) is 9.98 Å². The molecule has 0 saturated heterocycles. The van der Waals surface area contributed by atoms with E-state index in [-0.39, 0.29) is 5.75 Å². The molecule has 1 rings (SSSR count). The molecule has 0 heterocycles. The van der Waals surface area contributed by atoms with Crippen molar-refractivity contribution in [3.05, 3.63) is 0 Å². The van der Waals surface area contributed by atoms with Crippen molar-refractivity contribution in [3.63, 3.8) is 0 Å². The SMILES string of the molecule is CCS(=O)(=O)NC1(C#N)CCCCC1. The molecule has 0 spiro atoms. The first kappa shape index (κ1) is 11.5. The maximum Gasteiger partial charge on any atom is 0.212 e. The number of sulfonamides is 1. The molecular formula is C9H16N2O2S. The van der Waals surface area contributed by atoms with Gasteiger partial charge in [-0.1, -0.05) is 19.3 Å². The highest BCUT2D eigenvalue weighted by molar-refractivity contribution is 7.89. The van der Waals surface area contributed by atoms with E-state index in [4.69, 9.17) is 5.26 Å². The van der Waals surface area contributed by atoms with Crippen LogP contribution < -0.4 is 4.72 Å². The Morgan fingerprint density at radius 1 is 1.36 bits per heavy atom. The monoisotopic (exact) mass is 216 g/mol. The van der Waals surface area contributed by atoms with E-state index in [2.05, 4.69) is 10.8 Å². The van der Waals surface area contributed by atoms with Gasteiger partial charge in [0.25, 0.3) is 0 Å². The molecule has 0 unspecified atom stereocenters. The van der Waals surface area contributed by atoms with Gasteiger partial charge in [0.15, 0.2) is 0 Å². The number of hydrogen-bond donors (Lipinski definition) is 1. The van der Waals surface area contributed by atoms with Crippen LogP contribution in [0.3, 0.4) is 0 Å². The molecule has 1 saturated carbocycles. The zero-order valence-electron chi connectivity index (χ0n) is 8.41. The first-order valence-electron chi connectivity index (χ1n) is 4.96. The van der Waals surface area contributed by atoms with Gasteiger partial charge in [-0.05, 0) is 19.8 Å². The third kappa shape index (κ3) is 2.69. The molecule has 0 atom stereocenters. The van der Waals surface area contributed by atoms with Crippen LogP contribution in [-0.4, -0.2) is 19.7 Å². The molecule has 1 fully saturated rings. The van der Waals surface area contributed by atoms with Crippen molar-refractivity contribution in [1.29, 1.82) is 5.26 Å². The molecule has 5 heteroatoms. The second kappa shape index (κ2) is 4.28. The summed E-state index contributed by atoms with van der Waals surface area (Å²) in [7, 11) is -3.26. The Hall–Kier alpha value is -0.600. The van der Waals surface area contributed by atoms with Crippen LogP contribution in [0.15, 0.2) is 0 Å². The van der Waals surface area contributed by atoms with Gasteiger partial charge in [0.05, 0.1) is 11.8 Å². The van der Waals surface area contributed by atoms with Crippen LogP contribution in [-0.2, 0) is 10.0 Å². The highest BCUT2D eigenvalue weighted by Crippen LogP contribution is 2.28. The Morgan fingerprint density at radius 3 is 2.36 bits per heavy atom. The van der Waals surface area contributed by atoms with Crippen LogP contribution in [0.25, 0.3) is 0 Å². The van der Waals surface area contributed by atoms with Crippen LogP contribution >= 0.6 is 0 Å². The number of hydrogen-bond acceptors (Lipinski definition) is 3. The highest BCUT2D eigenvalue weighted by Gasteiger charge is 2.35. The molecule has 0 aromatic heterocycles. The smallest absolute Gasteiger partial charge is 0.212 e. The Labute approximate surface area is 85.4 Å². The minimum atomic E-state index is -3.26. The number of nitrogens with one attached hydrogen (secondary N) is 1. The highest BCUT2D eigenvalue weighted by atomic mass is 32.2. The summed E-state index contributed by atoms with van der Waals surface area (Å²) in [5, 5.41) is 9.02. The first-order valence-corrected chi connectivity index (χ1v) is 6.62. The quantitative estimate of drug-likeness (QED) is 0.769. The van der Waals surface area contributed by atoms with Crippen molar-refractivity contribution < 1.29 is 8.42 Å². The van der Waals surface area contributed by atoms with Crippen LogP contribution in [0.2, 0.25) is 0 Å². The molecule has 0 bridgehead atoms. The lowest BCUT2D eigenvalue weighted by Gasteiger charge is -2.30. The molecule has 0 aliphatic heterocycles. The molecule has 80 valence electrons. The summed E-state index contributed by atoms with van der Waals surface area (Å²) < 4.78 is 25.3. The van der Waals surface area contributed by atoms with Crippen molar-refractivity contribution in [2.75, 3.05) is 5.75 Å². The van der Waals surface area contributed by atoms with Gasteiger partial charge in [0.2, 0.25) is 10.0 Å². The van der Waals surface area contributed by atoms with E-state index < -0.39 is 15.6 Å². The normalized spacial score (nSPS) is 21.4. The fourth-order valence-electron chi connectivity index (χ4n) is 1.76. The van der Waals surface area contributed by atoms with Gasteiger partial charge in [-0.3, -0.25) is 0 Å². The van der Waals surface area contributed by atoms with E-state index in [0.717, 1.165) is 19.3 Å². The van der Waals surface area contributed by atoms with Gasteiger partial charge >= 0.3 is 0 Å². The van der Waals surface area contributed by atoms with Crippen molar-refractivity contribution in [2.45, 2.75) is 44.6 Å². The molecule has 4 nitrogen and oxygen atoms in total. The summed E-state index contributed by atoms with van der Waals surface area (Å²) in [5.74, 6) is 0.0381. The Kier molecular flexibility index (Phi) is 3.51. The van der Waals surface area contributed by atoms with Crippen molar-refractivity contribution >= 4 is 10.0 Å². The Balaban J connectivity index is 2.77. The molecule has 14 heavy (non-hydrogen) atoms. The molecule has 1 aliphatic carbocycles. The van der Waals surface area contributed by atoms with Gasteiger partial charge in [0, 0.05) is 0 Å². The lowest BCUT2D eigenvalue weighted by Crippen LogP contribution is -2.49. The van der Waals surface area contributed by atoms with Crippen LogP contribution in [0.5, 0.6) is 0 Å². The van der Waals surface area contributed by atoms with Crippen LogP contribution in [0, 0.1) is 11.3 Å². The summed E-state index contributed by atoms with van der Waals surface area (Å²) >= 11 is 0. The maximum atomic E-state index is 11.4. The Morgan fingerprint density at radius 2 is 1.93 bits per heavy atom. The van der Waals surface area contributed by atoms with Gasteiger partial charge in [-0.25, -0.2) is 8.42 Å². The molecule has 0 radical (unpaired) electrons. The Bertz CT molecular complexity index is 323. The molecule has 1 N–H and O–H groups in total. The van der Waals surface area contributed by atoms with E-state index >= 15 is 0 Å². The minimum Gasteiger partial charge on any atom is -0.212 e. The second-order valence-electron chi connectivity index (χ2n) is 3.76. The summed E-state index contributed by atoms with van der Waals surface area (Å²) in [6.07, 6.45) is 4.24. The van der Waals surface area contributed by atoms with E-state index in [9.17, 15) is 8.42 Å². The average Bonchev–Trinajstić information content (AvgIpc) is 2.19. The molecule has 1 aliphatic rings.